The van der Waals surface area contributed by atoms with Gasteiger partial charge in [0.1, 0.15) is 12.3 Å². The number of anilines is 2. The first-order valence-electron chi connectivity index (χ1n) is 8.69. The summed E-state index contributed by atoms with van der Waals surface area (Å²) in [7, 11) is -3.69. The average molecular weight is 391 g/mol. The van der Waals surface area contributed by atoms with Gasteiger partial charge < -0.3 is 10.1 Å². The van der Waals surface area contributed by atoms with Crippen LogP contribution in [0.1, 0.15) is 25.0 Å². The van der Waals surface area contributed by atoms with E-state index in [1.54, 1.807) is 24.3 Å². The second-order valence-corrected chi connectivity index (χ2v) is 8.63. The number of benzene rings is 2. The molecule has 1 N–H and O–H groups in total. The fourth-order valence-corrected chi connectivity index (χ4v) is 3.58. The molecule has 146 valence electrons. The summed E-state index contributed by atoms with van der Waals surface area (Å²) in [5, 5.41) is 2.83. The van der Waals surface area contributed by atoms with Crippen molar-refractivity contribution >= 4 is 27.3 Å². The number of hydrogen-bond donors (Lipinski definition) is 1. The van der Waals surface area contributed by atoms with E-state index in [2.05, 4.69) is 5.32 Å². The Morgan fingerprint density at radius 2 is 1.67 bits per heavy atom. The zero-order chi connectivity index (χ0) is 20.2. The summed E-state index contributed by atoms with van der Waals surface area (Å²) < 4.78 is 31.5. The molecule has 0 aliphatic heterocycles. The maximum absolute atomic E-state index is 12.6. The molecule has 0 atom stereocenters. The molecule has 2 aromatic rings. The topological polar surface area (TPSA) is 75.7 Å². The third-order valence-electron chi connectivity index (χ3n) is 3.93. The minimum Gasteiger partial charge on any atom is -0.489 e. The molecule has 0 heterocycles. The smallest absolute Gasteiger partial charge is 0.245 e. The lowest BCUT2D eigenvalue weighted by Crippen LogP contribution is -2.38. The molecule has 0 spiro atoms. The summed E-state index contributed by atoms with van der Waals surface area (Å²) in [6, 6.07) is 12.5. The number of aryl methyl sites for hydroxylation is 2. The van der Waals surface area contributed by atoms with Crippen LogP contribution in [-0.4, -0.2) is 33.2 Å². The number of rotatable bonds is 7. The van der Waals surface area contributed by atoms with E-state index in [4.69, 9.17) is 4.74 Å². The van der Waals surface area contributed by atoms with E-state index in [9.17, 15) is 13.2 Å². The molecule has 0 bridgehead atoms. The molecule has 0 aromatic heterocycles. The Morgan fingerprint density at radius 3 is 2.22 bits per heavy atom. The van der Waals surface area contributed by atoms with Crippen molar-refractivity contribution in [2.75, 3.05) is 22.4 Å². The van der Waals surface area contributed by atoms with Gasteiger partial charge in [-0.1, -0.05) is 30.3 Å². The molecule has 0 radical (unpaired) electrons. The van der Waals surface area contributed by atoms with Crippen LogP contribution < -0.4 is 14.4 Å². The minimum absolute atomic E-state index is 0.129. The van der Waals surface area contributed by atoms with Gasteiger partial charge >= 0.3 is 0 Å². The van der Waals surface area contributed by atoms with Crippen molar-refractivity contribution in [3.05, 3.63) is 53.6 Å². The molecule has 0 aliphatic carbocycles. The molecule has 0 saturated carbocycles. The first-order chi connectivity index (χ1) is 12.6. The van der Waals surface area contributed by atoms with Gasteiger partial charge in [-0.2, -0.15) is 0 Å². The Bertz CT molecular complexity index is 903. The molecule has 7 heteroatoms. The van der Waals surface area contributed by atoms with Gasteiger partial charge in [0.15, 0.2) is 0 Å². The van der Waals surface area contributed by atoms with Crippen LogP contribution in [-0.2, 0) is 14.8 Å². The molecule has 0 aliphatic rings. The summed E-state index contributed by atoms with van der Waals surface area (Å²) in [4.78, 5) is 12.6. The number of hydrogen-bond acceptors (Lipinski definition) is 4. The van der Waals surface area contributed by atoms with E-state index >= 15 is 0 Å². The van der Waals surface area contributed by atoms with Gasteiger partial charge in [-0.3, -0.25) is 9.10 Å². The van der Waals surface area contributed by atoms with Crippen molar-refractivity contribution in [1.29, 1.82) is 0 Å². The Labute approximate surface area is 161 Å². The predicted octanol–water partition coefficient (Wildman–Crippen LogP) is 3.50. The number of ether oxygens (including phenoxy) is 1. The van der Waals surface area contributed by atoms with E-state index in [1.165, 1.54) is 0 Å². The number of carbonyl (C=O) groups is 1. The van der Waals surface area contributed by atoms with Crippen molar-refractivity contribution < 1.29 is 17.9 Å². The first kappa shape index (κ1) is 20.8. The van der Waals surface area contributed by atoms with Crippen LogP contribution in [0.25, 0.3) is 0 Å². The lowest BCUT2D eigenvalue weighted by molar-refractivity contribution is -0.114. The lowest BCUT2D eigenvalue weighted by Gasteiger charge is -2.25. The number of nitrogens with zero attached hydrogens (tertiary/aromatic N) is 1. The highest BCUT2D eigenvalue weighted by molar-refractivity contribution is 7.92. The van der Waals surface area contributed by atoms with Crippen molar-refractivity contribution in [2.24, 2.45) is 0 Å². The number of sulfonamides is 1. The molecule has 2 aromatic carbocycles. The van der Waals surface area contributed by atoms with Gasteiger partial charge in [-0.25, -0.2) is 8.42 Å². The second kappa shape index (κ2) is 8.43. The molecule has 0 fully saturated rings. The molecule has 27 heavy (non-hydrogen) atoms. The standard InChI is InChI=1S/C20H26N2O4S/c1-14(2)26-18-12-7-6-11-17(18)22(27(5,24)25)13-19(23)21-20-15(3)9-8-10-16(20)4/h6-12,14H,13H2,1-5H3,(H,21,23). The Kier molecular flexibility index (Phi) is 6.49. The Hall–Kier alpha value is -2.54. The molecule has 1 amide bonds. The molecular weight excluding hydrogens is 364 g/mol. The third kappa shape index (κ3) is 5.47. The number of carbonyl (C=O) groups excluding carboxylic acids is 1. The lowest BCUT2D eigenvalue weighted by atomic mass is 10.1. The van der Waals surface area contributed by atoms with Gasteiger partial charge in [-0.05, 0) is 51.0 Å². The van der Waals surface area contributed by atoms with Gasteiger partial charge in [0.25, 0.3) is 0 Å². The van der Waals surface area contributed by atoms with E-state index in [0.717, 1.165) is 21.7 Å². The normalized spacial score (nSPS) is 11.3. The summed E-state index contributed by atoms with van der Waals surface area (Å²) in [5.74, 6) is -0.00466. The summed E-state index contributed by atoms with van der Waals surface area (Å²) in [6.45, 7) is 7.15. The Morgan fingerprint density at radius 1 is 1.07 bits per heavy atom. The molecule has 0 unspecified atom stereocenters. The minimum atomic E-state index is -3.69. The highest BCUT2D eigenvalue weighted by Gasteiger charge is 2.24. The summed E-state index contributed by atoms with van der Waals surface area (Å²) in [6.07, 6.45) is 0.946. The zero-order valence-corrected chi connectivity index (χ0v) is 17.1. The predicted molar refractivity (Wildman–Crippen MR) is 109 cm³/mol. The van der Waals surface area contributed by atoms with E-state index in [0.29, 0.717) is 17.1 Å². The van der Waals surface area contributed by atoms with Crippen molar-refractivity contribution in [3.8, 4) is 5.75 Å². The maximum atomic E-state index is 12.6. The highest BCUT2D eigenvalue weighted by Crippen LogP contribution is 2.30. The van der Waals surface area contributed by atoms with Crippen LogP contribution in [0.3, 0.4) is 0 Å². The monoisotopic (exact) mass is 390 g/mol. The fraction of sp³-hybridized carbons (Fsp3) is 0.350. The van der Waals surface area contributed by atoms with Gasteiger partial charge in [0, 0.05) is 5.69 Å². The zero-order valence-electron chi connectivity index (χ0n) is 16.3. The average Bonchev–Trinajstić information content (AvgIpc) is 2.55. The van der Waals surface area contributed by atoms with Crippen LogP contribution >= 0.6 is 0 Å². The van der Waals surface area contributed by atoms with E-state index in [1.807, 2.05) is 45.9 Å². The van der Waals surface area contributed by atoms with Crippen LogP contribution in [0.2, 0.25) is 0 Å². The molecule has 6 nitrogen and oxygen atoms in total. The number of para-hydroxylation sites is 3. The van der Waals surface area contributed by atoms with Crippen LogP contribution in [0.5, 0.6) is 5.75 Å². The largest absolute Gasteiger partial charge is 0.489 e. The second-order valence-electron chi connectivity index (χ2n) is 6.72. The van der Waals surface area contributed by atoms with Gasteiger partial charge in [0.2, 0.25) is 15.9 Å². The van der Waals surface area contributed by atoms with Crippen molar-refractivity contribution in [2.45, 2.75) is 33.8 Å². The third-order valence-corrected chi connectivity index (χ3v) is 5.06. The SMILES string of the molecule is Cc1cccc(C)c1NC(=O)CN(c1ccccc1OC(C)C)S(C)(=O)=O. The first-order valence-corrected chi connectivity index (χ1v) is 10.5. The van der Waals surface area contributed by atoms with Crippen molar-refractivity contribution in [3.63, 3.8) is 0 Å². The number of amides is 1. The fourth-order valence-electron chi connectivity index (χ4n) is 2.72. The molecular formula is C20H26N2O4S. The summed E-state index contributed by atoms with van der Waals surface area (Å²) >= 11 is 0. The van der Waals surface area contributed by atoms with Crippen LogP contribution in [0.4, 0.5) is 11.4 Å². The van der Waals surface area contributed by atoms with Gasteiger partial charge in [0.05, 0.1) is 18.0 Å². The highest BCUT2D eigenvalue weighted by atomic mass is 32.2. The quantitative estimate of drug-likeness (QED) is 0.785. The van der Waals surface area contributed by atoms with E-state index < -0.39 is 15.9 Å². The van der Waals surface area contributed by atoms with Gasteiger partial charge in [-0.15, -0.1) is 0 Å². The summed E-state index contributed by atoms with van der Waals surface area (Å²) in [5.41, 5.74) is 2.86. The van der Waals surface area contributed by atoms with E-state index in [-0.39, 0.29) is 12.6 Å². The maximum Gasteiger partial charge on any atom is 0.245 e. The van der Waals surface area contributed by atoms with Crippen LogP contribution in [0, 0.1) is 13.8 Å². The molecule has 0 saturated heterocycles. The van der Waals surface area contributed by atoms with Crippen LogP contribution in [0.15, 0.2) is 42.5 Å². The Balaban J connectivity index is 2.33. The van der Waals surface area contributed by atoms with Crippen molar-refractivity contribution in [1.82, 2.24) is 0 Å². The number of nitrogens with one attached hydrogen (secondary N) is 1. The molecule has 2 rings (SSSR count).